The fourth-order valence-corrected chi connectivity index (χ4v) is 3.97. The van der Waals surface area contributed by atoms with Crippen LogP contribution in [0.4, 0.5) is 0 Å². The highest BCUT2D eigenvalue weighted by atomic mass is 32.2. The first-order valence-corrected chi connectivity index (χ1v) is 9.42. The largest absolute Gasteiger partial charge is 0.103 e. The zero-order valence-corrected chi connectivity index (χ0v) is 14.6. The van der Waals surface area contributed by atoms with Crippen LogP contribution in [0.5, 0.6) is 0 Å². The second kappa shape index (κ2) is 10.4. The minimum Gasteiger partial charge on any atom is -0.103 e. The van der Waals surface area contributed by atoms with Crippen molar-refractivity contribution in [3.8, 4) is 0 Å². The Kier molecular flexibility index (Phi) is 8.04. The summed E-state index contributed by atoms with van der Waals surface area (Å²) in [6, 6.07) is 21.0. The van der Waals surface area contributed by atoms with Crippen molar-refractivity contribution in [3.63, 3.8) is 0 Å². The Bertz CT molecular complexity index is 553. The Labute approximate surface area is 142 Å². The third kappa shape index (κ3) is 6.62. The molecule has 0 heterocycles. The van der Waals surface area contributed by atoms with Crippen molar-refractivity contribution in [3.05, 3.63) is 76.7 Å². The standard InChI is InChI=1S/C20H22S2/c1-2-3-4-5-12-17-20(21-18-13-8-6-9-14-18)22-19-15-10-7-11-16-19/h6-16H,2-5H2,1H3. The third-order valence-electron chi connectivity index (χ3n) is 3.08. The molecule has 2 heteroatoms. The molecule has 0 bridgehead atoms. The van der Waals surface area contributed by atoms with E-state index in [1.54, 1.807) is 23.5 Å². The average molecular weight is 327 g/mol. The van der Waals surface area contributed by atoms with Crippen LogP contribution in [0.25, 0.3) is 0 Å². The molecular weight excluding hydrogens is 304 g/mol. The smallest absolute Gasteiger partial charge is 0.0918 e. The highest BCUT2D eigenvalue weighted by molar-refractivity contribution is 8.22. The number of thioether (sulfide) groups is 2. The van der Waals surface area contributed by atoms with Gasteiger partial charge in [0.15, 0.2) is 0 Å². The van der Waals surface area contributed by atoms with Crippen LogP contribution in [0.15, 0.2) is 86.5 Å². The van der Waals surface area contributed by atoms with E-state index >= 15 is 0 Å². The van der Waals surface area contributed by atoms with Crippen molar-refractivity contribution in [1.29, 1.82) is 0 Å². The van der Waals surface area contributed by atoms with Crippen LogP contribution in [-0.2, 0) is 0 Å². The van der Waals surface area contributed by atoms with E-state index < -0.39 is 0 Å². The number of hydrogen-bond donors (Lipinski definition) is 0. The molecule has 0 unspecified atom stereocenters. The van der Waals surface area contributed by atoms with Crippen LogP contribution >= 0.6 is 23.5 Å². The average Bonchev–Trinajstić information content (AvgIpc) is 2.56. The van der Waals surface area contributed by atoms with Gasteiger partial charge in [-0.15, -0.1) is 5.73 Å². The fourth-order valence-electron chi connectivity index (χ4n) is 1.92. The molecule has 0 aliphatic rings. The molecule has 0 saturated heterocycles. The topological polar surface area (TPSA) is 0 Å². The van der Waals surface area contributed by atoms with E-state index in [1.165, 1.54) is 33.3 Å². The first kappa shape index (κ1) is 17.0. The highest BCUT2D eigenvalue weighted by Gasteiger charge is 2.02. The molecule has 0 atom stereocenters. The van der Waals surface area contributed by atoms with E-state index in [0.717, 1.165) is 6.42 Å². The van der Waals surface area contributed by atoms with Crippen LogP contribution in [0.2, 0.25) is 0 Å². The summed E-state index contributed by atoms with van der Waals surface area (Å²) in [6.07, 6.45) is 7.12. The minimum atomic E-state index is 1.11. The molecule has 22 heavy (non-hydrogen) atoms. The summed E-state index contributed by atoms with van der Waals surface area (Å²) in [6.45, 7) is 2.24. The summed E-state index contributed by atoms with van der Waals surface area (Å²) < 4.78 is 1.20. The molecule has 0 aromatic heterocycles. The molecule has 0 aliphatic heterocycles. The molecule has 114 valence electrons. The number of unbranched alkanes of at least 4 members (excludes halogenated alkanes) is 3. The Morgan fingerprint density at radius 3 is 1.91 bits per heavy atom. The van der Waals surface area contributed by atoms with Crippen molar-refractivity contribution in [2.24, 2.45) is 0 Å². The fraction of sp³-hybridized carbons (Fsp3) is 0.250. The molecule has 0 nitrogen and oxygen atoms in total. The predicted molar refractivity (Wildman–Crippen MR) is 100 cm³/mol. The van der Waals surface area contributed by atoms with Gasteiger partial charge in [-0.3, -0.25) is 0 Å². The van der Waals surface area contributed by atoms with E-state index in [9.17, 15) is 0 Å². The number of allylic oxidation sites excluding steroid dienone is 1. The van der Waals surface area contributed by atoms with Crippen molar-refractivity contribution in [1.82, 2.24) is 0 Å². The Morgan fingerprint density at radius 1 is 0.864 bits per heavy atom. The van der Waals surface area contributed by atoms with E-state index in [4.69, 9.17) is 0 Å². The molecule has 2 rings (SSSR count). The van der Waals surface area contributed by atoms with Crippen LogP contribution in [0, 0.1) is 0 Å². The van der Waals surface area contributed by atoms with Gasteiger partial charge in [-0.2, -0.15) is 0 Å². The maximum absolute atomic E-state index is 3.49. The Balaban J connectivity index is 2.08. The Hall–Kier alpha value is -1.34. The molecular formula is C20H22S2. The SMILES string of the molecule is CCCCCC=C=C(Sc1ccccc1)Sc1ccccc1. The molecule has 0 saturated carbocycles. The summed E-state index contributed by atoms with van der Waals surface area (Å²) in [5, 5.41) is 0. The van der Waals surface area contributed by atoms with Crippen molar-refractivity contribution < 1.29 is 0 Å². The highest BCUT2D eigenvalue weighted by Crippen LogP contribution is 2.38. The summed E-state index contributed by atoms with van der Waals surface area (Å²) >= 11 is 3.57. The molecule has 2 aromatic rings. The van der Waals surface area contributed by atoms with Gasteiger partial charge in [0.1, 0.15) is 0 Å². The number of hydrogen-bond acceptors (Lipinski definition) is 2. The zero-order chi connectivity index (χ0) is 15.5. The van der Waals surface area contributed by atoms with E-state index in [-0.39, 0.29) is 0 Å². The van der Waals surface area contributed by atoms with Crippen LogP contribution in [0.3, 0.4) is 0 Å². The van der Waals surface area contributed by atoms with Crippen molar-refractivity contribution >= 4 is 23.5 Å². The second-order valence-corrected chi connectivity index (χ2v) is 7.39. The quantitative estimate of drug-likeness (QED) is 0.287. The van der Waals surface area contributed by atoms with E-state index in [0.29, 0.717) is 0 Å². The normalized spacial score (nSPS) is 10.0. The van der Waals surface area contributed by atoms with E-state index in [1.807, 2.05) is 0 Å². The molecule has 0 spiro atoms. The molecule has 2 aromatic carbocycles. The van der Waals surface area contributed by atoms with Gasteiger partial charge >= 0.3 is 0 Å². The monoisotopic (exact) mass is 326 g/mol. The summed E-state index contributed by atoms with van der Waals surface area (Å²) in [4.78, 5) is 2.52. The lowest BCUT2D eigenvalue weighted by molar-refractivity contribution is 0.729. The van der Waals surface area contributed by atoms with Gasteiger partial charge in [-0.1, -0.05) is 79.7 Å². The lowest BCUT2D eigenvalue weighted by Gasteiger charge is -2.04. The molecule has 0 amide bonds. The summed E-state index contributed by atoms with van der Waals surface area (Å²) in [5.74, 6) is 0. The van der Waals surface area contributed by atoms with Gasteiger partial charge in [0.2, 0.25) is 0 Å². The van der Waals surface area contributed by atoms with Gasteiger partial charge < -0.3 is 0 Å². The predicted octanol–water partition coefficient (Wildman–Crippen LogP) is 7.15. The molecule has 0 fully saturated rings. The van der Waals surface area contributed by atoms with E-state index in [2.05, 4.69) is 79.4 Å². The van der Waals surface area contributed by atoms with Gasteiger partial charge in [-0.25, -0.2) is 0 Å². The third-order valence-corrected chi connectivity index (χ3v) is 5.20. The molecule has 0 aliphatic carbocycles. The number of benzene rings is 2. The minimum absolute atomic E-state index is 1.11. The Morgan fingerprint density at radius 2 is 1.41 bits per heavy atom. The summed E-state index contributed by atoms with van der Waals surface area (Å²) in [7, 11) is 0. The first-order chi connectivity index (χ1) is 10.9. The lowest BCUT2D eigenvalue weighted by Crippen LogP contribution is -1.74. The second-order valence-electron chi connectivity index (χ2n) is 4.96. The first-order valence-electron chi connectivity index (χ1n) is 7.79. The maximum atomic E-state index is 3.49. The number of rotatable bonds is 8. The van der Waals surface area contributed by atoms with Gasteiger partial charge in [0.05, 0.1) is 4.24 Å². The van der Waals surface area contributed by atoms with Gasteiger partial charge in [0, 0.05) is 9.79 Å². The van der Waals surface area contributed by atoms with Crippen LogP contribution in [0.1, 0.15) is 32.6 Å². The molecule has 0 N–H and O–H groups in total. The van der Waals surface area contributed by atoms with Gasteiger partial charge in [-0.05, 0) is 43.2 Å². The maximum Gasteiger partial charge on any atom is 0.0918 e. The zero-order valence-electron chi connectivity index (χ0n) is 13.0. The molecule has 0 radical (unpaired) electrons. The van der Waals surface area contributed by atoms with Crippen LogP contribution < -0.4 is 0 Å². The van der Waals surface area contributed by atoms with Gasteiger partial charge in [0.25, 0.3) is 0 Å². The summed E-state index contributed by atoms with van der Waals surface area (Å²) in [5.41, 5.74) is 3.49. The van der Waals surface area contributed by atoms with Crippen molar-refractivity contribution in [2.45, 2.75) is 42.4 Å². The van der Waals surface area contributed by atoms with Crippen molar-refractivity contribution in [2.75, 3.05) is 0 Å². The lowest BCUT2D eigenvalue weighted by atomic mass is 10.2. The van der Waals surface area contributed by atoms with Crippen LogP contribution in [-0.4, -0.2) is 0 Å².